The maximum Gasteiger partial charge on any atom is 0.242 e. The molecule has 124 valence electrons. The van der Waals surface area contributed by atoms with Crippen LogP contribution in [0.1, 0.15) is 12.8 Å². The van der Waals surface area contributed by atoms with Crippen molar-refractivity contribution >= 4 is 46.4 Å². The maximum absolute atomic E-state index is 12.8. The van der Waals surface area contributed by atoms with Crippen LogP contribution in [0.2, 0.25) is 10.0 Å². The Kier molecular flexibility index (Phi) is 4.52. The Hall–Kier alpha value is -2.04. The highest BCUT2D eigenvalue weighted by molar-refractivity contribution is 6.44. The Morgan fingerprint density at radius 1 is 1.04 bits per heavy atom. The monoisotopic (exact) mass is 362 g/mol. The van der Waals surface area contributed by atoms with E-state index in [-0.39, 0.29) is 16.8 Å². The minimum atomic E-state index is -1.03. The van der Waals surface area contributed by atoms with Crippen LogP contribution in [0.25, 0.3) is 0 Å². The van der Waals surface area contributed by atoms with Crippen molar-refractivity contribution in [2.24, 2.45) is 5.41 Å². The van der Waals surface area contributed by atoms with Gasteiger partial charge in [-0.15, -0.1) is 0 Å². The zero-order valence-electron chi connectivity index (χ0n) is 13.1. The van der Waals surface area contributed by atoms with Crippen molar-refractivity contribution in [3.63, 3.8) is 0 Å². The highest BCUT2D eigenvalue weighted by Gasteiger charge is 2.57. The Labute approximate surface area is 150 Å². The molecule has 0 saturated heterocycles. The Bertz CT molecular complexity index is 789. The van der Waals surface area contributed by atoms with Crippen molar-refractivity contribution in [3.05, 3.63) is 58.6 Å². The highest BCUT2D eigenvalue weighted by Crippen LogP contribution is 2.49. The third kappa shape index (κ3) is 2.99. The van der Waals surface area contributed by atoms with Crippen LogP contribution in [0, 0.1) is 5.41 Å². The third-order valence-corrected chi connectivity index (χ3v) is 5.06. The fraction of sp³-hybridized carbons (Fsp3) is 0.222. The first kappa shape index (κ1) is 16.8. The van der Waals surface area contributed by atoms with Gasteiger partial charge in [-0.3, -0.25) is 9.59 Å². The number of benzene rings is 2. The van der Waals surface area contributed by atoms with E-state index < -0.39 is 5.41 Å². The summed E-state index contributed by atoms with van der Waals surface area (Å²) in [5, 5.41) is 3.36. The summed E-state index contributed by atoms with van der Waals surface area (Å²) in [4.78, 5) is 27.0. The maximum atomic E-state index is 12.8. The molecule has 1 N–H and O–H groups in total. The predicted octanol–water partition coefficient (Wildman–Crippen LogP) is 4.38. The van der Waals surface area contributed by atoms with Crippen LogP contribution in [0.5, 0.6) is 0 Å². The molecule has 0 heterocycles. The molecule has 1 fully saturated rings. The summed E-state index contributed by atoms with van der Waals surface area (Å²) >= 11 is 12.1. The van der Waals surface area contributed by atoms with Crippen LogP contribution in [0.3, 0.4) is 0 Å². The van der Waals surface area contributed by atoms with E-state index in [0.29, 0.717) is 23.6 Å². The van der Waals surface area contributed by atoms with Crippen LogP contribution in [0.15, 0.2) is 48.5 Å². The lowest BCUT2D eigenvalue weighted by atomic mass is 10.0. The topological polar surface area (TPSA) is 49.4 Å². The molecule has 0 bridgehead atoms. The Balaban J connectivity index is 1.79. The van der Waals surface area contributed by atoms with Gasteiger partial charge in [-0.05, 0) is 37.1 Å². The van der Waals surface area contributed by atoms with E-state index in [1.165, 1.54) is 4.90 Å². The average Bonchev–Trinajstić information content (AvgIpc) is 3.40. The van der Waals surface area contributed by atoms with Crippen molar-refractivity contribution in [2.45, 2.75) is 12.8 Å². The second kappa shape index (κ2) is 6.46. The number of para-hydroxylation sites is 1. The van der Waals surface area contributed by atoms with Crippen molar-refractivity contribution in [1.82, 2.24) is 0 Å². The number of carbonyl (C=O) groups excluding carboxylic acids is 2. The van der Waals surface area contributed by atoms with Crippen molar-refractivity contribution in [2.75, 3.05) is 17.3 Å². The number of rotatable bonds is 4. The summed E-state index contributed by atoms with van der Waals surface area (Å²) < 4.78 is 0. The van der Waals surface area contributed by atoms with E-state index in [4.69, 9.17) is 23.2 Å². The SMILES string of the molecule is CN(C(=O)C1(C(=O)Nc2cccc(Cl)c2Cl)CC1)c1ccccc1. The van der Waals surface area contributed by atoms with Crippen LogP contribution >= 0.6 is 23.2 Å². The van der Waals surface area contributed by atoms with E-state index in [1.807, 2.05) is 30.3 Å². The molecule has 6 heteroatoms. The summed E-state index contributed by atoms with van der Waals surface area (Å²) in [6.45, 7) is 0. The van der Waals surface area contributed by atoms with Crippen LogP contribution in [0.4, 0.5) is 11.4 Å². The molecule has 4 nitrogen and oxygen atoms in total. The molecule has 2 amide bonds. The number of hydrogen-bond donors (Lipinski definition) is 1. The summed E-state index contributed by atoms with van der Waals surface area (Å²) in [5.41, 5.74) is 0.133. The number of hydrogen-bond acceptors (Lipinski definition) is 2. The molecule has 1 saturated carbocycles. The Morgan fingerprint density at radius 3 is 2.33 bits per heavy atom. The number of carbonyl (C=O) groups is 2. The first-order valence-corrected chi connectivity index (χ1v) is 8.30. The van der Waals surface area contributed by atoms with Crippen molar-refractivity contribution in [1.29, 1.82) is 0 Å². The average molecular weight is 363 g/mol. The predicted molar refractivity (Wildman–Crippen MR) is 96.6 cm³/mol. The summed E-state index contributed by atoms with van der Waals surface area (Å²) in [7, 11) is 1.68. The first-order chi connectivity index (χ1) is 11.5. The van der Waals surface area contributed by atoms with Crippen LogP contribution in [-0.4, -0.2) is 18.9 Å². The molecule has 3 rings (SSSR count). The summed E-state index contributed by atoms with van der Waals surface area (Å²) in [5.74, 6) is -0.566. The van der Waals surface area contributed by atoms with E-state index >= 15 is 0 Å². The van der Waals surface area contributed by atoms with E-state index in [0.717, 1.165) is 5.69 Å². The van der Waals surface area contributed by atoms with Gasteiger partial charge < -0.3 is 10.2 Å². The number of anilines is 2. The molecular weight excluding hydrogens is 347 g/mol. The molecule has 0 unspecified atom stereocenters. The number of amides is 2. The van der Waals surface area contributed by atoms with Gasteiger partial charge >= 0.3 is 0 Å². The number of halogens is 2. The van der Waals surface area contributed by atoms with Gasteiger partial charge in [0.1, 0.15) is 5.41 Å². The van der Waals surface area contributed by atoms with Crippen molar-refractivity contribution < 1.29 is 9.59 Å². The van der Waals surface area contributed by atoms with Gasteiger partial charge in [0.05, 0.1) is 15.7 Å². The first-order valence-electron chi connectivity index (χ1n) is 7.54. The van der Waals surface area contributed by atoms with Gasteiger partial charge in [0.15, 0.2) is 0 Å². The molecule has 2 aromatic carbocycles. The van der Waals surface area contributed by atoms with Gasteiger partial charge in [0, 0.05) is 12.7 Å². The largest absolute Gasteiger partial charge is 0.324 e. The quantitative estimate of drug-likeness (QED) is 0.820. The van der Waals surface area contributed by atoms with Crippen molar-refractivity contribution in [3.8, 4) is 0 Å². The molecule has 1 aliphatic rings. The summed E-state index contributed by atoms with van der Waals surface area (Å²) in [6.07, 6.45) is 1.04. The van der Waals surface area contributed by atoms with E-state index in [9.17, 15) is 9.59 Å². The standard InChI is InChI=1S/C18H16Cl2N2O2/c1-22(12-6-3-2-4-7-12)17(24)18(10-11-18)16(23)21-14-9-5-8-13(19)15(14)20/h2-9H,10-11H2,1H3,(H,21,23). The Morgan fingerprint density at radius 2 is 1.71 bits per heavy atom. The molecule has 2 aromatic rings. The second-order valence-electron chi connectivity index (χ2n) is 5.84. The zero-order chi connectivity index (χ0) is 17.3. The summed E-state index contributed by atoms with van der Waals surface area (Å²) in [6, 6.07) is 14.2. The molecule has 1 aliphatic carbocycles. The molecule has 24 heavy (non-hydrogen) atoms. The van der Waals surface area contributed by atoms with Gasteiger partial charge in [0.25, 0.3) is 0 Å². The lowest BCUT2D eigenvalue weighted by Crippen LogP contribution is -2.41. The molecule has 0 aromatic heterocycles. The molecule has 0 aliphatic heterocycles. The highest BCUT2D eigenvalue weighted by atomic mass is 35.5. The van der Waals surface area contributed by atoms with Gasteiger partial charge in [0.2, 0.25) is 11.8 Å². The van der Waals surface area contributed by atoms with Gasteiger partial charge in [-0.25, -0.2) is 0 Å². The fourth-order valence-corrected chi connectivity index (χ4v) is 2.94. The lowest BCUT2D eigenvalue weighted by Gasteiger charge is -2.23. The minimum absolute atomic E-state index is 0.218. The molecular formula is C18H16Cl2N2O2. The minimum Gasteiger partial charge on any atom is -0.324 e. The smallest absolute Gasteiger partial charge is 0.242 e. The molecule has 0 atom stereocenters. The molecule has 0 spiro atoms. The lowest BCUT2D eigenvalue weighted by molar-refractivity contribution is -0.132. The zero-order valence-corrected chi connectivity index (χ0v) is 14.6. The fourth-order valence-electron chi connectivity index (χ4n) is 2.60. The number of nitrogens with zero attached hydrogens (tertiary/aromatic N) is 1. The van der Waals surface area contributed by atoms with Gasteiger partial charge in [-0.1, -0.05) is 47.5 Å². The van der Waals surface area contributed by atoms with E-state index in [1.54, 1.807) is 25.2 Å². The molecule has 0 radical (unpaired) electrons. The van der Waals surface area contributed by atoms with Gasteiger partial charge in [-0.2, -0.15) is 0 Å². The van der Waals surface area contributed by atoms with Crippen LogP contribution < -0.4 is 10.2 Å². The normalized spacial score (nSPS) is 14.8. The third-order valence-electron chi connectivity index (χ3n) is 4.24. The van der Waals surface area contributed by atoms with Crippen LogP contribution in [-0.2, 0) is 9.59 Å². The second-order valence-corrected chi connectivity index (χ2v) is 6.62. The van der Waals surface area contributed by atoms with E-state index in [2.05, 4.69) is 5.32 Å². The number of nitrogens with one attached hydrogen (secondary N) is 1.